The minimum Gasteiger partial charge on any atom is -0.392 e. The summed E-state index contributed by atoms with van der Waals surface area (Å²) in [6, 6.07) is 10.1. The molecule has 0 amide bonds. The predicted octanol–water partition coefficient (Wildman–Crippen LogP) is 3.02. The van der Waals surface area contributed by atoms with Crippen molar-refractivity contribution in [1.82, 2.24) is 4.98 Å². The molecule has 90 valence electrons. The molecule has 1 aromatic carbocycles. The van der Waals surface area contributed by atoms with Crippen molar-refractivity contribution >= 4 is 11.3 Å². The van der Waals surface area contributed by atoms with Crippen molar-refractivity contribution in [3.8, 4) is 0 Å². The van der Waals surface area contributed by atoms with Crippen LogP contribution in [-0.2, 0) is 11.8 Å². The highest BCUT2D eigenvalue weighted by Gasteiger charge is 2.29. The molecule has 0 fully saturated rings. The summed E-state index contributed by atoms with van der Waals surface area (Å²) in [5.74, 6) is 0. The van der Waals surface area contributed by atoms with Crippen LogP contribution in [0.25, 0.3) is 0 Å². The number of benzene rings is 1. The second-order valence-electron chi connectivity index (χ2n) is 4.78. The zero-order valence-electron chi connectivity index (χ0n) is 10.1. The molecule has 1 N–H and O–H groups in total. The van der Waals surface area contributed by atoms with Gasteiger partial charge in [0, 0.05) is 22.9 Å². The standard InChI is InChI=1S/C14H17NOS/c1-14(2,11-6-4-3-5-7-11)13(16)8-12-9-15-10-17-12/h3-7,9-10,13,16H,8H2,1-2H3. The Morgan fingerprint density at radius 3 is 2.59 bits per heavy atom. The van der Waals surface area contributed by atoms with Gasteiger partial charge in [-0.2, -0.15) is 0 Å². The average Bonchev–Trinajstić information content (AvgIpc) is 2.83. The van der Waals surface area contributed by atoms with E-state index in [9.17, 15) is 5.11 Å². The van der Waals surface area contributed by atoms with Gasteiger partial charge in [-0.1, -0.05) is 44.2 Å². The number of thiazole rings is 1. The summed E-state index contributed by atoms with van der Waals surface area (Å²) in [4.78, 5) is 5.16. The molecule has 3 heteroatoms. The van der Waals surface area contributed by atoms with E-state index in [0.717, 1.165) is 10.4 Å². The first-order valence-corrected chi connectivity index (χ1v) is 6.59. The third kappa shape index (κ3) is 2.73. The minimum atomic E-state index is -0.398. The van der Waals surface area contributed by atoms with Gasteiger partial charge in [0.15, 0.2) is 0 Å². The summed E-state index contributed by atoms with van der Waals surface area (Å²) in [5, 5.41) is 10.4. The van der Waals surface area contributed by atoms with Gasteiger partial charge in [-0.3, -0.25) is 4.98 Å². The lowest BCUT2D eigenvalue weighted by Gasteiger charge is -2.30. The smallest absolute Gasteiger partial charge is 0.0794 e. The normalized spacial score (nSPS) is 13.6. The van der Waals surface area contributed by atoms with Crippen LogP contribution in [0.2, 0.25) is 0 Å². The van der Waals surface area contributed by atoms with E-state index in [4.69, 9.17) is 0 Å². The molecule has 1 aromatic heterocycles. The van der Waals surface area contributed by atoms with Gasteiger partial charge in [0.05, 0.1) is 11.6 Å². The highest BCUT2D eigenvalue weighted by Crippen LogP contribution is 2.29. The molecule has 1 heterocycles. The van der Waals surface area contributed by atoms with Gasteiger partial charge in [0.25, 0.3) is 0 Å². The third-order valence-corrected chi connectivity index (χ3v) is 4.03. The molecule has 0 saturated heterocycles. The van der Waals surface area contributed by atoms with Crippen LogP contribution >= 0.6 is 11.3 Å². The lowest BCUT2D eigenvalue weighted by Crippen LogP contribution is -2.35. The van der Waals surface area contributed by atoms with Gasteiger partial charge in [0.1, 0.15) is 0 Å². The molecular formula is C14H17NOS. The Kier molecular flexibility index (Phi) is 3.60. The third-order valence-electron chi connectivity index (χ3n) is 3.23. The summed E-state index contributed by atoms with van der Waals surface area (Å²) in [7, 11) is 0. The van der Waals surface area contributed by atoms with Gasteiger partial charge in [-0.05, 0) is 5.56 Å². The van der Waals surface area contributed by atoms with E-state index in [1.54, 1.807) is 16.8 Å². The van der Waals surface area contributed by atoms with Crippen molar-refractivity contribution in [1.29, 1.82) is 0 Å². The molecule has 0 radical (unpaired) electrons. The molecule has 0 spiro atoms. The molecule has 0 aliphatic heterocycles. The fourth-order valence-corrected chi connectivity index (χ4v) is 2.48. The first-order chi connectivity index (χ1) is 8.10. The first-order valence-electron chi connectivity index (χ1n) is 5.71. The maximum absolute atomic E-state index is 10.4. The molecule has 1 atom stereocenters. The maximum Gasteiger partial charge on any atom is 0.0794 e. The van der Waals surface area contributed by atoms with E-state index in [1.165, 1.54) is 0 Å². The second kappa shape index (κ2) is 4.98. The summed E-state index contributed by atoms with van der Waals surface area (Å²) in [6.07, 6.45) is 2.09. The van der Waals surface area contributed by atoms with E-state index in [-0.39, 0.29) is 5.41 Å². The average molecular weight is 247 g/mol. The molecule has 17 heavy (non-hydrogen) atoms. The molecule has 0 aliphatic carbocycles. The van der Waals surface area contributed by atoms with Gasteiger partial charge in [-0.15, -0.1) is 11.3 Å². The first kappa shape index (κ1) is 12.3. The van der Waals surface area contributed by atoms with Crippen LogP contribution < -0.4 is 0 Å². The Balaban J connectivity index is 2.15. The largest absolute Gasteiger partial charge is 0.392 e. The summed E-state index contributed by atoms with van der Waals surface area (Å²) in [5.41, 5.74) is 2.72. The molecule has 2 nitrogen and oxygen atoms in total. The van der Waals surface area contributed by atoms with Crippen LogP contribution in [0.1, 0.15) is 24.3 Å². The molecule has 0 aliphatic rings. The van der Waals surface area contributed by atoms with Gasteiger partial charge in [-0.25, -0.2) is 0 Å². The Hall–Kier alpha value is -1.19. The second-order valence-corrected chi connectivity index (χ2v) is 5.75. The van der Waals surface area contributed by atoms with Crippen LogP contribution in [0.15, 0.2) is 42.0 Å². The number of aromatic nitrogens is 1. The highest BCUT2D eigenvalue weighted by molar-refractivity contribution is 7.09. The fraction of sp³-hybridized carbons (Fsp3) is 0.357. The number of hydrogen-bond acceptors (Lipinski definition) is 3. The molecule has 2 aromatic rings. The molecule has 2 rings (SSSR count). The number of aliphatic hydroxyl groups is 1. The van der Waals surface area contributed by atoms with Crippen molar-refractivity contribution in [2.75, 3.05) is 0 Å². The summed E-state index contributed by atoms with van der Waals surface area (Å²) in [6.45, 7) is 4.15. The van der Waals surface area contributed by atoms with Crippen LogP contribution in [0, 0.1) is 0 Å². The zero-order chi connectivity index (χ0) is 12.3. The van der Waals surface area contributed by atoms with E-state index in [0.29, 0.717) is 6.42 Å². The lowest BCUT2D eigenvalue weighted by molar-refractivity contribution is 0.101. The number of hydrogen-bond donors (Lipinski definition) is 1. The lowest BCUT2D eigenvalue weighted by atomic mass is 9.78. The Bertz CT molecular complexity index is 450. The monoisotopic (exact) mass is 247 g/mol. The zero-order valence-corrected chi connectivity index (χ0v) is 10.9. The molecular weight excluding hydrogens is 230 g/mol. The Morgan fingerprint density at radius 2 is 2.00 bits per heavy atom. The van der Waals surface area contributed by atoms with Crippen molar-refractivity contribution in [3.05, 3.63) is 52.5 Å². The summed E-state index contributed by atoms with van der Waals surface area (Å²) >= 11 is 1.59. The van der Waals surface area contributed by atoms with Crippen LogP contribution in [0.3, 0.4) is 0 Å². The quantitative estimate of drug-likeness (QED) is 0.901. The van der Waals surface area contributed by atoms with Crippen LogP contribution in [0.5, 0.6) is 0 Å². The minimum absolute atomic E-state index is 0.245. The number of aliphatic hydroxyl groups excluding tert-OH is 1. The molecule has 0 saturated carbocycles. The Labute approximate surface area is 106 Å². The van der Waals surface area contributed by atoms with Crippen molar-refractivity contribution in [3.63, 3.8) is 0 Å². The van der Waals surface area contributed by atoms with Crippen LogP contribution in [-0.4, -0.2) is 16.2 Å². The molecule has 0 bridgehead atoms. The van der Waals surface area contributed by atoms with Gasteiger partial charge in [0.2, 0.25) is 0 Å². The highest BCUT2D eigenvalue weighted by atomic mass is 32.1. The van der Waals surface area contributed by atoms with E-state index in [1.807, 2.05) is 24.4 Å². The van der Waals surface area contributed by atoms with Gasteiger partial charge >= 0.3 is 0 Å². The van der Waals surface area contributed by atoms with E-state index >= 15 is 0 Å². The molecule has 1 unspecified atom stereocenters. The topological polar surface area (TPSA) is 33.1 Å². The number of nitrogens with zero attached hydrogens (tertiary/aromatic N) is 1. The SMILES string of the molecule is CC(C)(c1ccccc1)C(O)Cc1cncs1. The van der Waals surface area contributed by atoms with Gasteiger partial charge < -0.3 is 5.11 Å². The van der Waals surface area contributed by atoms with E-state index in [2.05, 4.69) is 31.0 Å². The number of rotatable bonds is 4. The van der Waals surface area contributed by atoms with E-state index < -0.39 is 6.10 Å². The van der Waals surface area contributed by atoms with Crippen molar-refractivity contribution in [2.45, 2.75) is 31.8 Å². The Morgan fingerprint density at radius 1 is 1.29 bits per heavy atom. The van der Waals surface area contributed by atoms with Crippen LogP contribution in [0.4, 0.5) is 0 Å². The van der Waals surface area contributed by atoms with Crippen molar-refractivity contribution in [2.24, 2.45) is 0 Å². The maximum atomic E-state index is 10.4. The van der Waals surface area contributed by atoms with Crippen molar-refractivity contribution < 1.29 is 5.11 Å². The fourth-order valence-electron chi connectivity index (χ4n) is 1.85. The predicted molar refractivity (Wildman–Crippen MR) is 71.3 cm³/mol. The summed E-state index contributed by atoms with van der Waals surface area (Å²) < 4.78 is 0.